The van der Waals surface area contributed by atoms with Gasteiger partial charge in [-0.05, 0) is 72.1 Å². The van der Waals surface area contributed by atoms with E-state index in [1.54, 1.807) is 24.3 Å². The van der Waals surface area contributed by atoms with Gasteiger partial charge in [0.2, 0.25) is 10.0 Å². The summed E-state index contributed by atoms with van der Waals surface area (Å²) < 4.78 is 37.0. The monoisotopic (exact) mass is 775 g/mol. The SMILES string of the molecule is CNC(=O)c1nc(-c2cccc(CNS(=O)(=O)c3cc([N+](=O)[O-])cc([N+](=O)[O-])c3C3CCc4cc(CCCO[Si](C)(C)C(C)(C)C)ccc43)c2)cnc1N. The van der Waals surface area contributed by atoms with Crippen molar-refractivity contribution in [3.05, 3.63) is 115 Å². The number of nitro benzene ring substituents is 2. The number of anilines is 1. The number of nitrogen functional groups attached to an aromatic ring is 1. The number of nitrogens with two attached hydrogens (primary N) is 1. The number of rotatable bonds is 14. The minimum atomic E-state index is -4.56. The Kier molecular flexibility index (Phi) is 11.7. The highest BCUT2D eigenvalue weighted by molar-refractivity contribution is 7.89. The number of amides is 1. The first-order valence-corrected chi connectivity index (χ1v) is 21.9. The predicted molar refractivity (Wildman–Crippen MR) is 207 cm³/mol. The Bertz CT molecular complexity index is 2220. The zero-order chi connectivity index (χ0) is 39.6. The number of carbonyl (C=O) groups is 1. The summed E-state index contributed by atoms with van der Waals surface area (Å²) in [5.41, 5.74) is 8.39. The summed E-state index contributed by atoms with van der Waals surface area (Å²) >= 11 is 0. The van der Waals surface area contributed by atoms with Gasteiger partial charge in [-0.25, -0.2) is 23.1 Å². The number of nitrogens with one attached hydrogen (secondary N) is 2. The average Bonchev–Trinajstić information content (AvgIpc) is 3.54. The highest BCUT2D eigenvalue weighted by Gasteiger charge is 2.39. The number of aryl methyl sites for hydroxylation is 2. The van der Waals surface area contributed by atoms with E-state index >= 15 is 0 Å². The maximum Gasteiger partial charge on any atom is 0.281 e. The molecule has 1 aliphatic carbocycles. The van der Waals surface area contributed by atoms with E-state index in [4.69, 9.17) is 10.2 Å². The molecule has 0 aliphatic heterocycles. The molecule has 1 amide bonds. The number of nitro groups is 2. The van der Waals surface area contributed by atoms with Crippen LogP contribution in [0.1, 0.15) is 77.8 Å². The fourth-order valence-corrected chi connectivity index (χ4v) is 8.70. The van der Waals surface area contributed by atoms with Crippen LogP contribution in [0.3, 0.4) is 0 Å². The van der Waals surface area contributed by atoms with E-state index in [0.717, 1.165) is 41.7 Å². The molecule has 0 bridgehead atoms. The molecule has 15 nitrogen and oxygen atoms in total. The van der Waals surface area contributed by atoms with Gasteiger partial charge in [-0.2, -0.15) is 0 Å². The zero-order valence-corrected chi connectivity index (χ0v) is 33.0. The number of hydrogen-bond donors (Lipinski definition) is 3. The summed E-state index contributed by atoms with van der Waals surface area (Å²) in [6.07, 6.45) is 3.92. The summed E-state index contributed by atoms with van der Waals surface area (Å²) in [6, 6.07) is 14.2. The molecule has 1 atom stereocenters. The van der Waals surface area contributed by atoms with Crippen LogP contribution >= 0.6 is 0 Å². The number of sulfonamides is 1. The molecular formula is C37H45N7O8SSi. The average molecular weight is 776 g/mol. The van der Waals surface area contributed by atoms with Gasteiger partial charge in [0.1, 0.15) is 0 Å². The first kappa shape index (κ1) is 40.1. The summed E-state index contributed by atoms with van der Waals surface area (Å²) in [5, 5.41) is 26.9. The van der Waals surface area contributed by atoms with Crippen LogP contribution in [0.2, 0.25) is 18.1 Å². The number of non-ortho nitro benzene ring substituents is 1. The first-order chi connectivity index (χ1) is 25.3. The fraction of sp³-hybridized carbons (Fsp3) is 0.378. The smallest absolute Gasteiger partial charge is 0.281 e. The van der Waals surface area contributed by atoms with Crippen molar-refractivity contribution in [3.63, 3.8) is 0 Å². The van der Waals surface area contributed by atoms with E-state index in [-0.39, 0.29) is 28.7 Å². The minimum Gasteiger partial charge on any atom is -0.417 e. The number of nitrogens with zero attached hydrogens (tertiary/aromatic N) is 4. The molecule has 0 spiro atoms. The predicted octanol–water partition coefficient (Wildman–Crippen LogP) is 6.41. The Morgan fingerprint density at radius 3 is 2.46 bits per heavy atom. The number of carbonyl (C=O) groups excluding carboxylic acids is 1. The molecule has 3 aromatic carbocycles. The maximum atomic E-state index is 14.1. The molecule has 54 heavy (non-hydrogen) atoms. The molecule has 0 saturated carbocycles. The highest BCUT2D eigenvalue weighted by Crippen LogP contribution is 2.46. The van der Waals surface area contributed by atoms with E-state index in [1.807, 2.05) is 12.1 Å². The number of benzene rings is 3. The van der Waals surface area contributed by atoms with Crippen molar-refractivity contribution < 1.29 is 27.5 Å². The molecular weight excluding hydrogens is 731 g/mol. The van der Waals surface area contributed by atoms with E-state index < -0.39 is 56.3 Å². The largest absolute Gasteiger partial charge is 0.417 e. The van der Waals surface area contributed by atoms with Gasteiger partial charge in [0, 0.05) is 37.7 Å². The van der Waals surface area contributed by atoms with Crippen LogP contribution in [-0.2, 0) is 33.8 Å². The molecule has 0 radical (unpaired) electrons. The van der Waals surface area contributed by atoms with Crippen molar-refractivity contribution >= 4 is 41.4 Å². The lowest BCUT2D eigenvalue weighted by Crippen LogP contribution is -2.41. The van der Waals surface area contributed by atoms with Crippen LogP contribution in [0.15, 0.2) is 65.7 Å². The van der Waals surface area contributed by atoms with Gasteiger partial charge in [0.15, 0.2) is 19.8 Å². The van der Waals surface area contributed by atoms with Crippen LogP contribution < -0.4 is 15.8 Å². The quantitative estimate of drug-likeness (QED) is 0.0549. The van der Waals surface area contributed by atoms with Crippen molar-refractivity contribution in [1.29, 1.82) is 0 Å². The molecule has 5 rings (SSSR count). The normalized spacial score (nSPS) is 14.4. The van der Waals surface area contributed by atoms with Gasteiger partial charge in [-0.3, -0.25) is 25.0 Å². The van der Waals surface area contributed by atoms with Gasteiger partial charge in [0.05, 0.1) is 38.3 Å². The lowest BCUT2D eigenvalue weighted by Gasteiger charge is -2.36. The molecule has 1 unspecified atom stereocenters. The lowest BCUT2D eigenvalue weighted by molar-refractivity contribution is -0.395. The highest BCUT2D eigenvalue weighted by atomic mass is 32.2. The number of fused-ring (bicyclic) bond motifs is 1. The van der Waals surface area contributed by atoms with Gasteiger partial charge in [-0.1, -0.05) is 57.2 Å². The van der Waals surface area contributed by atoms with Crippen molar-refractivity contribution in [2.75, 3.05) is 19.4 Å². The summed E-state index contributed by atoms with van der Waals surface area (Å²) in [6.45, 7) is 11.4. The topological polar surface area (TPSA) is 223 Å². The second kappa shape index (κ2) is 15.7. The van der Waals surface area contributed by atoms with Crippen LogP contribution in [0.5, 0.6) is 0 Å². The standard InChI is InChI=1S/C37H45N7O8SSi/c1-37(2,3)54(5,6)52-16-8-10-23-12-14-28-25(17-23)13-15-29(28)33-31(44(48)49)19-27(43(46)47)20-32(33)53(50,51)41-21-24-9-7-11-26(18-24)30-22-40-35(38)34(42-30)36(45)39-4/h7,9,11-12,14,17-20,22,29,41H,8,10,13,15-16,21H2,1-6H3,(H2,38,40)(H,39,45). The minimum absolute atomic E-state index is 0.0585. The second-order valence-electron chi connectivity index (χ2n) is 14.8. The van der Waals surface area contributed by atoms with Gasteiger partial charge >= 0.3 is 0 Å². The van der Waals surface area contributed by atoms with Crippen LogP contribution in [-0.4, -0.2) is 56.1 Å². The number of aromatic nitrogens is 2. The van der Waals surface area contributed by atoms with Crippen molar-refractivity contribution in [2.45, 2.75) is 81.9 Å². The third-order valence-corrected chi connectivity index (χ3v) is 16.2. The molecule has 1 aliphatic rings. The van der Waals surface area contributed by atoms with E-state index in [1.165, 1.54) is 13.2 Å². The van der Waals surface area contributed by atoms with Crippen LogP contribution in [0.4, 0.5) is 17.2 Å². The van der Waals surface area contributed by atoms with Gasteiger partial charge in [-0.15, -0.1) is 0 Å². The Balaban J connectivity index is 1.43. The molecule has 4 N–H and O–H groups in total. The van der Waals surface area contributed by atoms with Crippen molar-refractivity contribution in [1.82, 2.24) is 20.0 Å². The van der Waals surface area contributed by atoms with E-state index in [9.17, 15) is 33.4 Å². The molecule has 1 aromatic heterocycles. The number of hydrogen-bond acceptors (Lipinski definition) is 11. The fourth-order valence-electron chi connectivity index (χ4n) is 6.29. The van der Waals surface area contributed by atoms with Gasteiger partial charge in [0.25, 0.3) is 17.3 Å². The molecule has 0 fully saturated rings. The van der Waals surface area contributed by atoms with E-state index in [0.29, 0.717) is 36.3 Å². The van der Waals surface area contributed by atoms with Crippen LogP contribution in [0, 0.1) is 20.2 Å². The van der Waals surface area contributed by atoms with Gasteiger partial charge < -0.3 is 15.5 Å². The third kappa shape index (κ3) is 8.65. The molecule has 4 aromatic rings. The Hall–Kier alpha value is -5.10. The summed E-state index contributed by atoms with van der Waals surface area (Å²) in [5.74, 6) is -1.27. The van der Waals surface area contributed by atoms with Crippen molar-refractivity contribution in [2.24, 2.45) is 0 Å². The Morgan fingerprint density at radius 2 is 1.80 bits per heavy atom. The molecule has 286 valence electrons. The summed E-state index contributed by atoms with van der Waals surface area (Å²) in [7, 11) is -5.00. The van der Waals surface area contributed by atoms with Crippen molar-refractivity contribution in [3.8, 4) is 11.3 Å². The van der Waals surface area contributed by atoms with Crippen LogP contribution in [0.25, 0.3) is 11.3 Å². The van der Waals surface area contributed by atoms with E-state index in [2.05, 4.69) is 59.9 Å². The molecule has 17 heteroatoms. The Morgan fingerprint density at radius 1 is 1.06 bits per heavy atom. The summed E-state index contributed by atoms with van der Waals surface area (Å²) in [4.78, 5) is 42.8. The Labute approximate surface area is 315 Å². The molecule has 0 saturated heterocycles. The molecule has 1 heterocycles. The second-order valence-corrected chi connectivity index (χ2v) is 21.4. The first-order valence-electron chi connectivity index (χ1n) is 17.5. The zero-order valence-electron chi connectivity index (χ0n) is 31.1. The maximum absolute atomic E-state index is 14.1. The lowest BCUT2D eigenvalue weighted by atomic mass is 9.90. The third-order valence-electron chi connectivity index (χ3n) is 10.2.